The second kappa shape index (κ2) is 5.83. The largest absolute Gasteiger partial charge is 0.393 e. The number of hydrogen-bond acceptors (Lipinski definition) is 7. The van der Waals surface area contributed by atoms with Crippen LogP contribution in [0.4, 0.5) is 17.6 Å². The molecular weight excluding hydrogens is 232 g/mol. The second-order valence-corrected chi connectivity index (χ2v) is 4.70. The van der Waals surface area contributed by atoms with Crippen molar-refractivity contribution in [1.82, 2.24) is 9.97 Å². The van der Waals surface area contributed by atoms with E-state index in [0.29, 0.717) is 17.6 Å². The van der Waals surface area contributed by atoms with Crippen molar-refractivity contribution in [1.29, 1.82) is 0 Å². The molecule has 0 aromatic carbocycles. The third-order valence-corrected chi connectivity index (χ3v) is 3.28. The molecule has 100 valence electrons. The fourth-order valence-electron chi connectivity index (χ4n) is 2.23. The van der Waals surface area contributed by atoms with Gasteiger partial charge in [-0.1, -0.05) is 0 Å². The van der Waals surface area contributed by atoms with E-state index in [2.05, 4.69) is 20.7 Å². The van der Waals surface area contributed by atoms with Crippen LogP contribution in [0.25, 0.3) is 0 Å². The summed E-state index contributed by atoms with van der Waals surface area (Å²) < 4.78 is 0. The minimum Gasteiger partial charge on any atom is -0.393 e. The summed E-state index contributed by atoms with van der Waals surface area (Å²) in [5, 5.41) is 12.7. The summed E-state index contributed by atoms with van der Waals surface area (Å²) in [7, 11) is 0. The molecule has 1 aromatic heterocycles. The fourth-order valence-corrected chi connectivity index (χ4v) is 2.23. The van der Waals surface area contributed by atoms with Crippen LogP contribution < -0.4 is 22.3 Å². The number of hydrazine groups is 1. The third kappa shape index (κ3) is 3.44. The summed E-state index contributed by atoms with van der Waals surface area (Å²) in [4.78, 5) is 8.01. The Bertz CT molecular complexity index is 391. The van der Waals surface area contributed by atoms with E-state index in [1.807, 2.05) is 0 Å². The molecule has 18 heavy (non-hydrogen) atoms. The summed E-state index contributed by atoms with van der Waals surface area (Å²) in [5.74, 6) is 7.20. The van der Waals surface area contributed by atoms with Crippen molar-refractivity contribution in [3.8, 4) is 0 Å². The molecule has 7 N–H and O–H groups in total. The molecule has 7 nitrogen and oxygen atoms in total. The number of anilines is 3. The van der Waals surface area contributed by atoms with Crippen molar-refractivity contribution in [2.45, 2.75) is 31.8 Å². The lowest BCUT2D eigenvalue weighted by Gasteiger charge is -2.25. The molecule has 7 heteroatoms. The van der Waals surface area contributed by atoms with Crippen molar-refractivity contribution in [3.63, 3.8) is 0 Å². The van der Waals surface area contributed by atoms with Gasteiger partial charge in [-0.3, -0.25) is 0 Å². The molecule has 1 aliphatic carbocycles. The number of nitrogens with one attached hydrogen (secondary N) is 2. The van der Waals surface area contributed by atoms with Crippen LogP contribution in [0.15, 0.2) is 6.07 Å². The van der Waals surface area contributed by atoms with Crippen LogP contribution in [0.3, 0.4) is 0 Å². The van der Waals surface area contributed by atoms with E-state index < -0.39 is 0 Å². The predicted molar refractivity (Wildman–Crippen MR) is 70.7 cm³/mol. The molecule has 0 unspecified atom stereocenters. The highest BCUT2D eigenvalue weighted by Crippen LogP contribution is 2.24. The number of nitrogen functional groups attached to an aromatic ring is 2. The summed E-state index contributed by atoms with van der Waals surface area (Å²) in [6.07, 6.45) is 3.72. The minimum absolute atomic E-state index is 0.121. The first kappa shape index (κ1) is 12.8. The van der Waals surface area contributed by atoms with Crippen molar-refractivity contribution >= 4 is 17.6 Å². The Kier molecular flexibility index (Phi) is 4.16. The first-order chi connectivity index (χ1) is 8.67. The highest BCUT2D eigenvalue weighted by molar-refractivity contribution is 5.50. The lowest BCUT2D eigenvalue weighted by molar-refractivity contribution is 0.111. The van der Waals surface area contributed by atoms with Crippen LogP contribution in [-0.2, 0) is 0 Å². The lowest BCUT2D eigenvalue weighted by Crippen LogP contribution is -2.24. The highest BCUT2D eigenvalue weighted by Gasteiger charge is 2.19. The molecule has 0 saturated heterocycles. The van der Waals surface area contributed by atoms with Gasteiger partial charge in [0.1, 0.15) is 11.6 Å². The highest BCUT2D eigenvalue weighted by atomic mass is 16.3. The van der Waals surface area contributed by atoms with E-state index in [1.165, 1.54) is 0 Å². The molecule has 0 radical (unpaired) electrons. The molecule has 0 aliphatic heterocycles. The number of aliphatic hydroxyl groups is 1. The zero-order valence-corrected chi connectivity index (χ0v) is 10.3. The monoisotopic (exact) mass is 252 g/mol. The molecule has 0 atom stereocenters. The standard InChI is InChI=1S/C11H20N6O/c12-11-15-9(5-10(16-11)17-13)14-6-7-1-3-8(18)4-2-7/h5,7-8,18H,1-4,6,13H2,(H4,12,14,15,16,17). The van der Waals surface area contributed by atoms with E-state index in [-0.39, 0.29) is 12.1 Å². The van der Waals surface area contributed by atoms with Gasteiger partial charge in [-0.05, 0) is 31.6 Å². The van der Waals surface area contributed by atoms with E-state index >= 15 is 0 Å². The zero-order valence-electron chi connectivity index (χ0n) is 10.3. The minimum atomic E-state index is -0.121. The van der Waals surface area contributed by atoms with Gasteiger partial charge in [0.15, 0.2) is 0 Å². The van der Waals surface area contributed by atoms with Crippen LogP contribution in [0.2, 0.25) is 0 Å². The van der Waals surface area contributed by atoms with Crippen molar-refractivity contribution in [3.05, 3.63) is 6.07 Å². The molecule has 0 bridgehead atoms. The first-order valence-corrected chi connectivity index (χ1v) is 6.20. The van der Waals surface area contributed by atoms with Gasteiger partial charge in [-0.25, -0.2) is 5.84 Å². The molecule has 1 saturated carbocycles. The average molecular weight is 252 g/mol. The molecule has 2 rings (SSSR count). The van der Waals surface area contributed by atoms with E-state index in [1.54, 1.807) is 6.07 Å². The molecule has 1 heterocycles. The predicted octanol–water partition coefficient (Wildman–Crippen LogP) is 0.307. The molecule has 1 aromatic rings. The summed E-state index contributed by atoms with van der Waals surface area (Å²) in [5.41, 5.74) is 8.02. The first-order valence-electron chi connectivity index (χ1n) is 6.20. The van der Waals surface area contributed by atoms with Gasteiger partial charge in [-0.2, -0.15) is 9.97 Å². The van der Waals surface area contributed by atoms with Crippen molar-refractivity contribution in [2.24, 2.45) is 11.8 Å². The summed E-state index contributed by atoms with van der Waals surface area (Å²) in [6, 6.07) is 1.72. The quantitative estimate of drug-likeness (QED) is 0.386. The van der Waals surface area contributed by atoms with Crippen molar-refractivity contribution < 1.29 is 5.11 Å². The van der Waals surface area contributed by atoms with Gasteiger partial charge in [0, 0.05) is 12.6 Å². The van der Waals surface area contributed by atoms with Gasteiger partial charge in [0.2, 0.25) is 5.95 Å². The average Bonchev–Trinajstić information content (AvgIpc) is 2.37. The number of rotatable bonds is 4. The van der Waals surface area contributed by atoms with Gasteiger partial charge in [0.25, 0.3) is 0 Å². The Hall–Kier alpha value is -1.60. The van der Waals surface area contributed by atoms with Gasteiger partial charge < -0.3 is 21.6 Å². The van der Waals surface area contributed by atoms with Crippen LogP contribution in [0.1, 0.15) is 25.7 Å². The van der Waals surface area contributed by atoms with Crippen molar-refractivity contribution in [2.75, 3.05) is 23.0 Å². The maximum absolute atomic E-state index is 9.44. The fraction of sp³-hybridized carbons (Fsp3) is 0.636. The number of hydrogen-bond donors (Lipinski definition) is 5. The summed E-state index contributed by atoms with van der Waals surface area (Å²) in [6.45, 7) is 0.827. The maximum Gasteiger partial charge on any atom is 0.223 e. The summed E-state index contributed by atoms with van der Waals surface area (Å²) >= 11 is 0. The normalized spacial score (nSPS) is 23.7. The number of aliphatic hydroxyl groups excluding tert-OH is 1. The zero-order chi connectivity index (χ0) is 13.0. The second-order valence-electron chi connectivity index (χ2n) is 4.70. The maximum atomic E-state index is 9.44. The van der Waals surface area contributed by atoms with E-state index in [4.69, 9.17) is 11.6 Å². The smallest absolute Gasteiger partial charge is 0.223 e. The SMILES string of the molecule is NNc1cc(NCC2CCC(O)CC2)nc(N)n1. The Balaban J connectivity index is 1.88. The van der Waals surface area contributed by atoms with Crippen LogP contribution >= 0.6 is 0 Å². The lowest BCUT2D eigenvalue weighted by atomic mass is 9.87. The Morgan fingerprint density at radius 2 is 1.89 bits per heavy atom. The van der Waals surface area contributed by atoms with Gasteiger partial charge in [-0.15, -0.1) is 0 Å². The third-order valence-electron chi connectivity index (χ3n) is 3.28. The molecular formula is C11H20N6O. The van der Waals surface area contributed by atoms with Crippen LogP contribution in [0, 0.1) is 5.92 Å². The van der Waals surface area contributed by atoms with E-state index in [0.717, 1.165) is 32.2 Å². The van der Waals surface area contributed by atoms with Crippen LogP contribution in [0.5, 0.6) is 0 Å². The molecule has 1 aliphatic rings. The number of nitrogens with two attached hydrogens (primary N) is 2. The molecule has 1 fully saturated rings. The Morgan fingerprint density at radius 1 is 1.22 bits per heavy atom. The number of nitrogens with zero attached hydrogens (tertiary/aromatic N) is 2. The van der Waals surface area contributed by atoms with Crippen LogP contribution in [-0.4, -0.2) is 27.7 Å². The van der Waals surface area contributed by atoms with E-state index in [9.17, 15) is 5.11 Å². The Labute approximate surface area is 106 Å². The van der Waals surface area contributed by atoms with Gasteiger partial charge in [0.05, 0.1) is 6.10 Å². The van der Waals surface area contributed by atoms with Gasteiger partial charge >= 0.3 is 0 Å². The Morgan fingerprint density at radius 3 is 2.56 bits per heavy atom. The molecule has 0 spiro atoms. The molecule has 0 amide bonds. The number of aromatic nitrogens is 2. The topological polar surface area (TPSA) is 122 Å².